The van der Waals surface area contributed by atoms with E-state index in [1.165, 1.54) is 27.4 Å². The van der Waals surface area contributed by atoms with Crippen molar-refractivity contribution in [3.63, 3.8) is 0 Å². The summed E-state index contributed by atoms with van der Waals surface area (Å²) in [6.45, 7) is 2.15. The molecule has 0 unspecified atom stereocenters. The first-order valence-electron chi connectivity index (χ1n) is 6.07. The predicted octanol–water partition coefficient (Wildman–Crippen LogP) is 0.139. The number of halogens is 1. The maximum absolute atomic E-state index is 5.32. The highest BCUT2D eigenvalue weighted by molar-refractivity contribution is 6.05. The minimum atomic E-state index is 0. The van der Waals surface area contributed by atoms with Gasteiger partial charge < -0.3 is 21.7 Å². The number of pyridine rings is 1. The molecule has 2 aromatic carbocycles. The highest BCUT2D eigenvalue weighted by atomic mass is 79.9. The molecule has 0 fully saturated rings. The van der Waals surface area contributed by atoms with E-state index in [9.17, 15) is 0 Å². The molecule has 2 nitrogen and oxygen atoms in total. The topological polar surface area (TPSA) is 13.1 Å². The minimum Gasteiger partial charge on any atom is -1.00 e. The average molecular weight is 318 g/mol. The van der Waals surface area contributed by atoms with Crippen LogP contribution in [0, 0.1) is 6.92 Å². The van der Waals surface area contributed by atoms with Crippen molar-refractivity contribution in [3.8, 4) is 5.75 Å². The SMILES string of the molecule is COc1ccc2c(c1)c(C)[n+](C)c1ccccc21.[Br-]. The number of benzene rings is 2. The minimum absolute atomic E-state index is 0. The maximum atomic E-state index is 5.32. The number of nitrogens with zero attached hydrogens (tertiary/aromatic N) is 1. The van der Waals surface area contributed by atoms with E-state index in [0.29, 0.717) is 0 Å². The van der Waals surface area contributed by atoms with Crippen molar-refractivity contribution in [2.24, 2.45) is 7.05 Å². The van der Waals surface area contributed by atoms with Crippen LogP contribution in [0.5, 0.6) is 5.75 Å². The van der Waals surface area contributed by atoms with Crippen LogP contribution in [-0.4, -0.2) is 7.11 Å². The number of rotatable bonds is 1. The van der Waals surface area contributed by atoms with E-state index in [2.05, 4.69) is 54.9 Å². The van der Waals surface area contributed by atoms with Gasteiger partial charge in [0.15, 0.2) is 5.69 Å². The molecule has 0 radical (unpaired) electrons. The summed E-state index contributed by atoms with van der Waals surface area (Å²) in [5.74, 6) is 0.904. The lowest BCUT2D eigenvalue weighted by molar-refractivity contribution is -0.649. The third-order valence-electron chi connectivity index (χ3n) is 3.68. The van der Waals surface area contributed by atoms with Crippen LogP contribution < -0.4 is 26.3 Å². The zero-order valence-electron chi connectivity index (χ0n) is 11.3. The van der Waals surface area contributed by atoms with Gasteiger partial charge in [0.05, 0.1) is 17.9 Å². The first-order valence-corrected chi connectivity index (χ1v) is 6.07. The summed E-state index contributed by atoms with van der Waals surface area (Å²) in [5, 5.41) is 3.81. The van der Waals surface area contributed by atoms with Gasteiger partial charge in [-0.25, -0.2) is 0 Å². The van der Waals surface area contributed by atoms with Crippen molar-refractivity contribution in [2.45, 2.75) is 6.92 Å². The Kier molecular flexibility index (Phi) is 3.76. The number of para-hydroxylation sites is 1. The summed E-state index contributed by atoms with van der Waals surface area (Å²) in [6, 6.07) is 14.8. The van der Waals surface area contributed by atoms with Crippen molar-refractivity contribution in [2.75, 3.05) is 7.11 Å². The average Bonchev–Trinajstić information content (AvgIpc) is 2.44. The summed E-state index contributed by atoms with van der Waals surface area (Å²) in [7, 11) is 3.81. The molecule has 0 aliphatic carbocycles. The summed E-state index contributed by atoms with van der Waals surface area (Å²) in [6.07, 6.45) is 0. The van der Waals surface area contributed by atoms with E-state index >= 15 is 0 Å². The second kappa shape index (κ2) is 5.17. The van der Waals surface area contributed by atoms with Gasteiger partial charge in [-0.3, -0.25) is 0 Å². The Labute approximate surface area is 123 Å². The fraction of sp³-hybridized carbons (Fsp3) is 0.188. The first-order chi connectivity index (χ1) is 8.72. The highest BCUT2D eigenvalue weighted by Gasteiger charge is 2.15. The molecule has 0 spiro atoms. The third kappa shape index (κ3) is 2.08. The quantitative estimate of drug-likeness (QED) is 0.460. The predicted molar refractivity (Wildman–Crippen MR) is 73.9 cm³/mol. The Morgan fingerprint density at radius 3 is 2.42 bits per heavy atom. The van der Waals surface area contributed by atoms with E-state index in [1.54, 1.807) is 7.11 Å². The molecule has 3 rings (SSSR count). The van der Waals surface area contributed by atoms with Gasteiger partial charge in [0.1, 0.15) is 12.8 Å². The van der Waals surface area contributed by atoms with Gasteiger partial charge in [-0.05, 0) is 24.3 Å². The van der Waals surface area contributed by atoms with Gasteiger partial charge in [0.25, 0.3) is 0 Å². The van der Waals surface area contributed by atoms with Crippen LogP contribution in [0.1, 0.15) is 5.69 Å². The monoisotopic (exact) mass is 317 g/mol. The molecule has 1 aromatic heterocycles. The van der Waals surface area contributed by atoms with Crippen LogP contribution >= 0.6 is 0 Å². The van der Waals surface area contributed by atoms with Crippen LogP contribution in [0.2, 0.25) is 0 Å². The molecule has 1 heterocycles. The lowest BCUT2D eigenvalue weighted by atomic mass is 10.0. The van der Waals surface area contributed by atoms with Crippen LogP contribution in [0.15, 0.2) is 42.5 Å². The molecule has 0 amide bonds. The molecule has 98 valence electrons. The first kappa shape index (κ1) is 13.8. The number of aromatic nitrogens is 1. The van der Waals surface area contributed by atoms with Crippen molar-refractivity contribution in [1.29, 1.82) is 0 Å². The number of aryl methyl sites for hydroxylation is 2. The zero-order valence-corrected chi connectivity index (χ0v) is 12.9. The number of fused-ring (bicyclic) bond motifs is 3. The van der Waals surface area contributed by atoms with E-state index in [0.717, 1.165) is 5.75 Å². The van der Waals surface area contributed by atoms with Gasteiger partial charge in [-0.1, -0.05) is 12.1 Å². The van der Waals surface area contributed by atoms with Crippen LogP contribution in [0.25, 0.3) is 21.7 Å². The molecule has 0 bridgehead atoms. The van der Waals surface area contributed by atoms with Crippen molar-refractivity contribution >= 4 is 21.7 Å². The Bertz CT molecular complexity index is 752. The van der Waals surface area contributed by atoms with E-state index in [-0.39, 0.29) is 17.0 Å². The summed E-state index contributed by atoms with van der Waals surface area (Å²) < 4.78 is 7.55. The molecular weight excluding hydrogens is 302 g/mol. The van der Waals surface area contributed by atoms with Crippen molar-refractivity contribution in [3.05, 3.63) is 48.2 Å². The number of ether oxygens (including phenoxy) is 1. The second-order valence-electron chi connectivity index (χ2n) is 4.57. The standard InChI is InChI=1S/C16H16NO.BrH/c1-11-15-10-12(18-3)8-9-13(15)14-6-4-5-7-16(14)17(11)2;/h4-10H,1-3H3;1H/q+1;/p-1. The summed E-state index contributed by atoms with van der Waals surface area (Å²) >= 11 is 0. The fourth-order valence-electron chi connectivity index (χ4n) is 2.54. The highest BCUT2D eigenvalue weighted by Crippen LogP contribution is 2.27. The number of methoxy groups -OCH3 is 1. The maximum Gasteiger partial charge on any atom is 0.213 e. The largest absolute Gasteiger partial charge is 1.00 e. The molecule has 0 N–H and O–H groups in total. The Hall–Kier alpha value is -1.61. The van der Waals surface area contributed by atoms with Gasteiger partial charge in [-0.15, -0.1) is 0 Å². The van der Waals surface area contributed by atoms with Crippen molar-refractivity contribution in [1.82, 2.24) is 0 Å². The lowest BCUT2D eigenvalue weighted by Crippen LogP contribution is -3.00. The van der Waals surface area contributed by atoms with Crippen molar-refractivity contribution < 1.29 is 26.3 Å². The molecule has 0 aliphatic rings. The van der Waals surface area contributed by atoms with E-state index < -0.39 is 0 Å². The van der Waals surface area contributed by atoms with Crippen LogP contribution in [-0.2, 0) is 7.05 Å². The van der Waals surface area contributed by atoms with E-state index in [4.69, 9.17) is 4.74 Å². The lowest BCUT2D eigenvalue weighted by Gasteiger charge is -2.07. The molecule has 0 saturated carbocycles. The smallest absolute Gasteiger partial charge is 0.213 e. The Morgan fingerprint density at radius 1 is 0.947 bits per heavy atom. The van der Waals surface area contributed by atoms with Crippen LogP contribution in [0.4, 0.5) is 0 Å². The number of hydrogen-bond donors (Lipinski definition) is 0. The molecule has 19 heavy (non-hydrogen) atoms. The molecule has 3 heteroatoms. The molecule has 3 aromatic rings. The van der Waals surface area contributed by atoms with Gasteiger partial charge in [-0.2, -0.15) is 4.57 Å². The Balaban J connectivity index is 0.00000133. The summed E-state index contributed by atoms with van der Waals surface area (Å²) in [4.78, 5) is 0. The van der Waals surface area contributed by atoms with E-state index in [1.807, 2.05) is 6.07 Å². The zero-order chi connectivity index (χ0) is 12.7. The van der Waals surface area contributed by atoms with Gasteiger partial charge >= 0.3 is 0 Å². The molecular formula is C16H16BrNO. The van der Waals surface area contributed by atoms with Crippen LogP contribution in [0.3, 0.4) is 0 Å². The summed E-state index contributed by atoms with van der Waals surface area (Å²) in [5.41, 5.74) is 2.51. The number of hydrogen-bond acceptors (Lipinski definition) is 1. The molecule has 0 atom stereocenters. The van der Waals surface area contributed by atoms with Gasteiger partial charge in [0.2, 0.25) is 5.52 Å². The van der Waals surface area contributed by atoms with Gasteiger partial charge in [0, 0.05) is 18.4 Å². The molecule has 0 aliphatic heterocycles. The second-order valence-corrected chi connectivity index (χ2v) is 4.57. The fourth-order valence-corrected chi connectivity index (χ4v) is 2.54. The normalized spacial score (nSPS) is 10.5. The Morgan fingerprint density at radius 2 is 1.68 bits per heavy atom. The molecule has 0 saturated heterocycles. The third-order valence-corrected chi connectivity index (χ3v) is 3.68.